The molecular formula is C21H15F2N5O. The van der Waals surface area contributed by atoms with E-state index in [0.717, 1.165) is 29.1 Å². The van der Waals surface area contributed by atoms with Crippen molar-refractivity contribution in [2.75, 3.05) is 10.6 Å². The van der Waals surface area contributed by atoms with Crippen molar-refractivity contribution in [2.24, 2.45) is 0 Å². The van der Waals surface area contributed by atoms with Gasteiger partial charge in [-0.3, -0.25) is 4.98 Å². The fraction of sp³-hybridized carbons (Fsp3) is 0. The summed E-state index contributed by atoms with van der Waals surface area (Å²) in [7, 11) is 0. The number of nitrogens with one attached hydrogen (secondary N) is 2. The molecule has 0 aliphatic carbocycles. The van der Waals surface area contributed by atoms with Gasteiger partial charge in [-0.1, -0.05) is 0 Å². The van der Waals surface area contributed by atoms with Gasteiger partial charge in [-0.15, -0.1) is 0 Å². The van der Waals surface area contributed by atoms with Gasteiger partial charge in [0.05, 0.1) is 17.1 Å². The van der Waals surface area contributed by atoms with Crippen LogP contribution in [0.1, 0.15) is 0 Å². The number of hydrogen-bond donors (Lipinski definition) is 2. The number of carbonyl (C=O) groups excluding carboxylic acids is 1. The Morgan fingerprint density at radius 1 is 0.966 bits per heavy atom. The normalized spacial score (nSPS) is 10.6. The third kappa shape index (κ3) is 4.27. The zero-order valence-corrected chi connectivity index (χ0v) is 15.0. The first-order chi connectivity index (χ1) is 14.1. The third-order valence-electron chi connectivity index (χ3n) is 4.12. The fourth-order valence-corrected chi connectivity index (χ4v) is 2.71. The molecule has 0 bridgehead atoms. The van der Waals surface area contributed by atoms with Crippen LogP contribution in [-0.2, 0) is 0 Å². The van der Waals surface area contributed by atoms with E-state index in [2.05, 4.69) is 20.7 Å². The molecule has 6 nitrogen and oxygen atoms in total. The SMILES string of the molecule is O=C(Nc1ccc(-n2ccc(-c3cccnc3)n2)cc1)Nc1ccc(F)cc1F. The summed E-state index contributed by atoms with van der Waals surface area (Å²) in [6, 6.07) is 14.9. The Balaban J connectivity index is 1.43. The van der Waals surface area contributed by atoms with Gasteiger partial charge in [0.1, 0.15) is 11.6 Å². The number of anilines is 2. The van der Waals surface area contributed by atoms with Crippen molar-refractivity contribution in [1.82, 2.24) is 14.8 Å². The molecule has 144 valence electrons. The smallest absolute Gasteiger partial charge is 0.308 e. The van der Waals surface area contributed by atoms with E-state index in [1.165, 1.54) is 0 Å². The second kappa shape index (κ2) is 7.89. The minimum absolute atomic E-state index is 0.111. The molecular weight excluding hydrogens is 376 g/mol. The lowest BCUT2D eigenvalue weighted by Gasteiger charge is -2.09. The number of halogens is 2. The van der Waals surface area contributed by atoms with Crippen LogP contribution in [0.15, 0.2) is 79.3 Å². The molecule has 0 aliphatic heterocycles. The zero-order chi connectivity index (χ0) is 20.2. The number of nitrogens with zero attached hydrogens (tertiary/aromatic N) is 3. The highest BCUT2D eigenvalue weighted by Crippen LogP contribution is 2.19. The van der Waals surface area contributed by atoms with E-state index in [0.29, 0.717) is 11.8 Å². The minimum atomic E-state index is -0.849. The molecule has 2 N–H and O–H groups in total. The Kier molecular flexibility index (Phi) is 4.98. The van der Waals surface area contributed by atoms with Gasteiger partial charge in [0, 0.05) is 35.9 Å². The highest BCUT2D eigenvalue weighted by atomic mass is 19.1. The standard InChI is InChI=1S/C21H15F2N5O/c22-15-3-8-20(18(23)12-15)26-21(29)25-16-4-6-17(7-5-16)28-11-9-19(27-28)14-2-1-10-24-13-14/h1-13H,(H2,25,26,29). The van der Waals surface area contributed by atoms with Crippen molar-refractivity contribution in [3.63, 3.8) is 0 Å². The molecule has 29 heavy (non-hydrogen) atoms. The lowest BCUT2D eigenvalue weighted by atomic mass is 10.2. The first-order valence-corrected chi connectivity index (χ1v) is 8.68. The minimum Gasteiger partial charge on any atom is -0.308 e. The van der Waals surface area contributed by atoms with Crippen molar-refractivity contribution in [1.29, 1.82) is 0 Å². The van der Waals surface area contributed by atoms with Crippen molar-refractivity contribution >= 4 is 17.4 Å². The molecule has 0 saturated carbocycles. The first kappa shape index (κ1) is 18.3. The molecule has 2 heterocycles. The van der Waals surface area contributed by atoms with Crippen LogP contribution in [0, 0.1) is 11.6 Å². The molecule has 0 spiro atoms. The van der Waals surface area contributed by atoms with Crippen LogP contribution < -0.4 is 10.6 Å². The van der Waals surface area contributed by atoms with Crippen LogP contribution >= 0.6 is 0 Å². The number of aromatic nitrogens is 3. The summed E-state index contributed by atoms with van der Waals surface area (Å²) >= 11 is 0. The molecule has 2 aromatic carbocycles. The maximum Gasteiger partial charge on any atom is 0.323 e. The molecule has 0 saturated heterocycles. The third-order valence-corrected chi connectivity index (χ3v) is 4.12. The lowest BCUT2D eigenvalue weighted by molar-refractivity contribution is 0.262. The molecule has 8 heteroatoms. The highest BCUT2D eigenvalue weighted by molar-refractivity contribution is 5.99. The summed E-state index contributed by atoms with van der Waals surface area (Å²) in [5.74, 6) is -1.56. The highest BCUT2D eigenvalue weighted by Gasteiger charge is 2.09. The zero-order valence-electron chi connectivity index (χ0n) is 15.0. The number of pyridine rings is 1. The van der Waals surface area contributed by atoms with Crippen molar-refractivity contribution in [2.45, 2.75) is 0 Å². The molecule has 0 fully saturated rings. The average molecular weight is 391 g/mol. The number of hydrogen-bond acceptors (Lipinski definition) is 3. The van der Waals surface area contributed by atoms with Gasteiger partial charge in [-0.2, -0.15) is 5.10 Å². The van der Waals surface area contributed by atoms with E-state index >= 15 is 0 Å². The molecule has 0 unspecified atom stereocenters. The van der Waals surface area contributed by atoms with E-state index in [1.54, 1.807) is 41.3 Å². The Labute approximate surface area is 164 Å². The second-order valence-corrected chi connectivity index (χ2v) is 6.14. The molecule has 4 aromatic rings. The van der Waals surface area contributed by atoms with Crippen molar-refractivity contribution in [3.8, 4) is 16.9 Å². The summed E-state index contributed by atoms with van der Waals surface area (Å²) in [6.45, 7) is 0. The van der Waals surface area contributed by atoms with Crippen molar-refractivity contribution in [3.05, 3.63) is 90.9 Å². The molecule has 2 amide bonds. The number of carbonyl (C=O) groups is 1. The summed E-state index contributed by atoms with van der Waals surface area (Å²) < 4.78 is 28.3. The van der Waals surface area contributed by atoms with Crippen LogP contribution in [0.3, 0.4) is 0 Å². The van der Waals surface area contributed by atoms with E-state index in [-0.39, 0.29) is 5.69 Å². The Morgan fingerprint density at radius 2 is 1.79 bits per heavy atom. The van der Waals surface area contributed by atoms with Crippen molar-refractivity contribution < 1.29 is 13.6 Å². The lowest BCUT2D eigenvalue weighted by Crippen LogP contribution is -2.20. The van der Waals surface area contributed by atoms with Crippen LogP contribution in [0.5, 0.6) is 0 Å². The summed E-state index contributed by atoms with van der Waals surface area (Å²) in [4.78, 5) is 16.1. The number of rotatable bonds is 4. The molecule has 2 aromatic heterocycles. The first-order valence-electron chi connectivity index (χ1n) is 8.68. The quantitative estimate of drug-likeness (QED) is 0.522. The Morgan fingerprint density at radius 3 is 2.52 bits per heavy atom. The van der Waals surface area contributed by atoms with Gasteiger partial charge in [-0.25, -0.2) is 18.3 Å². The Bertz CT molecular complexity index is 1140. The maximum atomic E-state index is 13.6. The van der Waals surface area contributed by atoms with E-state index in [1.807, 2.05) is 24.4 Å². The molecule has 0 radical (unpaired) electrons. The molecule has 4 rings (SSSR count). The van der Waals surface area contributed by atoms with Gasteiger partial charge in [-0.05, 0) is 54.6 Å². The predicted molar refractivity (Wildman–Crippen MR) is 106 cm³/mol. The van der Waals surface area contributed by atoms with Gasteiger partial charge in [0.15, 0.2) is 0 Å². The summed E-state index contributed by atoms with van der Waals surface area (Å²) in [5.41, 5.74) is 2.90. The Hall–Kier alpha value is -4.07. The predicted octanol–water partition coefficient (Wildman–Crippen LogP) is 4.86. The van der Waals surface area contributed by atoms with Crippen LogP contribution in [0.2, 0.25) is 0 Å². The maximum absolute atomic E-state index is 13.6. The second-order valence-electron chi connectivity index (χ2n) is 6.14. The van der Waals surface area contributed by atoms with Gasteiger partial charge < -0.3 is 10.6 Å². The summed E-state index contributed by atoms with van der Waals surface area (Å²) in [5, 5.41) is 9.45. The van der Waals surface area contributed by atoms with Gasteiger partial charge in [0.25, 0.3) is 0 Å². The largest absolute Gasteiger partial charge is 0.323 e. The number of urea groups is 1. The van der Waals surface area contributed by atoms with E-state index in [4.69, 9.17) is 0 Å². The van der Waals surface area contributed by atoms with Gasteiger partial charge in [0.2, 0.25) is 0 Å². The van der Waals surface area contributed by atoms with Crippen LogP contribution in [-0.4, -0.2) is 20.8 Å². The number of amides is 2. The molecule has 0 aliphatic rings. The number of benzene rings is 2. The molecule has 0 atom stereocenters. The average Bonchev–Trinajstić information content (AvgIpc) is 3.22. The topological polar surface area (TPSA) is 71.8 Å². The van der Waals surface area contributed by atoms with Gasteiger partial charge >= 0.3 is 6.03 Å². The fourth-order valence-electron chi connectivity index (χ4n) is 2.71. The van der Waals surface area contributed by atoms with Crippen LogP contribution in [0.4, 0.5) is 25.0 Å². The monoisotopic (exact) mass is 391 g/mol. The summed E-state index contributed by atoms with van der Waals surface area (Å²) in [6.07, 6.45) is 5.27. The van der Waals surface area contributed by atoms with Crippen LogP contribution in [0.25, 0.3) is 16.9 Å². The van der Waals surface area contributed by atoms with E-state index in [9.17, 15) is 13.6 Å². The van der Waals surface area contributed by atoms with E-state index < -0.39 is 17.7 Å².